The first kappa shape index (κ1) is 39.4. The number of alkyl halides is 3. The molecule has 2 atom stereocenters. The summed E-state index contributed by atoms with van der Waals surface area (Å²) in [6.45, 7) is 2.16. The summed E-state index contributed by atoms with van der Waals surface area (Å²) in [6.07, 6.45) is -4.30. The van der Waals surface area contributed by atoms with Gasteiger partial charge in [-0.3, -0.25) is 19.3 Å². The Balaban J connectivity index is 0.000000757. The largest absolute Gasteiger partial charge is 0.490 e. The van der Waals surface area contributed by atoms with Crippen molar-refractivity contribution in [2.45, 2.75) is 44.4 Å². The summed E-state index contributed by atoms with van der Waals surface area (Å²) in [6, 6.07) is 32.4. The van der Waals surface area contributed by atoms with E-state index in [-0.39, 0.29) is 11.9 Å². The molecule has 0 spiro atoms. The maximum absolute atomic E-state index is 15.0. The van der Waals surface area contributed by atoms with Gasteiger partial charge in [-0.15, -0.1) is 0 Å². The molecule has 0 bridgehead atoms. The maximum Gasteiger partial charge on any atom is 0.490 e. The van der Waals surface area contributed by atoms with E-state index < -0.39 is 42.5 Å². The topological polar surface area (TPSA) is 176 Å². The van der Waals surface area contributed by atoms with Gasteiger partial charge in [0.2, 0.25) is 11.8 Å². The lowest BCUT2D eigenvalue weighted by molar-refractivity contribution is -0.192. The van der Waals surface area contributed by atoms with E-state index in [4.69, 9.17) is 20.4 Å². The Hall–Kier alpha value is -6.77. The van der Waals surface area contributed by atoms with Crippen molar-refractivity contribution in [3.05, 3.63) is 143 Å². The molecule has 4 aromatic carbocycles. The number of hydrogen-bond donors (Lipinski definition) is 3. The molecule has 2 heterocycles. The number of hydrogen-bond acceptors (Lipinski definition) is 8. The number of carbonyl (C=O) groups excluding carboxylic acids is 2. The molecule has 12 nitrogen and oxygen atoms in total. The Morgan fingerprint density at radius 3 is 2.05 bits per heavy atom. The van der Waals surface area contributed by atoms with Crippen LogP contribution < -0.4 is 15.4 Å². The number of nitrogens with two attached hydrogens (primary N) is 1. The summed E-state index contributed by atoms with van der Waals surface area (Å²) in [7, 11) is 0. The number of para-hydroxylation sites is 1. The number of carboxylic acids is 2. The van der Waals surface area contributed by atoms with E-state index in [0.717, 1.165) is 5.56 Å². The predicted molar refractivity (Wildman–Crippen MR) is 196 cm³/mol. The third kappa shape index (κ3) is 9.81. The molecule has 1 aliphatic rings. The number of fused-ring (bicyclic) bond motifs is 1. The van der Waals surface area contributed by atoms with Gasteiger partial charge >= 0.3 is 18.1 Å². The van der Waals surface area contributed by atoms with Gasteiger partial charge in [-0.2, -0.15) is 18.2 Å². The van der Waals surface area contributed by atoms with Gasteiger partial charge in [-0.05, 0) is 60.7 Å². The number of aryl methyl sites for hydroxylation is 2. The summed E-state index contributed by atoms with van der Waals surface area (Å²) >= 11 is 0. The summed E-state index contributed by atoms with van der Waals surface area (Å²) < 4.78 is 37.6. The third-order valence-electron chi connectivity index (χ3n) is 8.47. The summed E-state index contributed by atoms with van der Waals surface area (Å²) in [5, 5.41) is 17.2. The van der Waals surface area contributed by atoms with Crippen LogP contribution in [0.1, 0.15) is 57.7 Å². The Morgan fingerprint density at radius 2 is 1.47 bits per heavy atom. The Morgan fingerprint density at radius 1 is 0.873 bits per heavy atom. The van der Waals surface area contributed by atoms with Gasteiger partial charge in [-0.25, -0.2) is 9.78 Å². The number of anilines is 3. The number of aliphatic carboxylic acids is 2. The Bertz CT molecular complexity index is 2120. The van der Waals surface area contributed by atoms with Crippen LogP contribution in [0.3, 0.4) is 0 Å². The molecule has 15 heteroatoms. The molecule has 0 saturated heterocycles. The van der Waals surface area contributed by atoms with E-state index in [9.17, 15) is 32.7 Å². The average molecular weight is 756 g/mol. The van der Waals surface area contributed by atoms with E-state index >= 15 is 0 Å². The van der Waals surface area contributed by atoms with Gasteiger partial charge in [0, 0.05) is 17.4 Å². The predicted octanol–water partition coefficient (Wildman–Crippen LogP) is 7.09. The molecule has 5 aromatic rings. The van der Waals surface area contributed by atoms with E-state index in [2.05, 4.69) is 9.97 Å². The zero-order valence-electron chi connectivity index (χ0n) is 29.4. The molecule has 2 amide bonds. The molecule has 6 rings (SSSR count). The van der Waals surface area contributed by atoms with Crippen LogP contribution in [0.25, 0.3) is 0 Å². The highest BCUT2D eigenvalue weighted by atomic mass is 19.4. The number of aromatic nitrogens is 2. The first-order valence-electron chi connectivity index (χ1n) is 16.9. The maximum atomic E-state index is 15.0. The Labute approximate surface area is 313 Å². The first-order valence-corrected chi connectivity index (χ1v) is 16.9. The van der Waals surface area contributed by atoms with E-state index in [1.165, 1.54) is 4.90 Å². The van der Waals surface area contributed by atoms with Crippen molar-refractivity contribution in [3.8, 4) is 5.88 Å². The number of amides is 2. The molecule has 0 aliphatic carbocycles. The molecule has 284 valence electrons. The van der Waals surface area contributed by atoms with Gasteiger partial charge in [0.15, 0.2) is 0 Å². The lowest BCUT2D eigenvalue weighted by Crippen LogP contribution is -2.43. The number of carbonyl (C=O) groups is 4. The number of benzene rings is 4. The molecule has 0 radical (unpaired) electrons. The molecule has 2 unspecified atom stereocenters. The van der Waals surface area contributed by atoms with E-state index in [0.29, 0.717) is 59.1 Å². The van der Waals surface area contributed by atoms with Crippen molar-refractivity contribution >= 4 is 41.1 Å². The fraction of sp³-hybridized carbons (Fsp3) is 0.200. The molecule has 1 aliphatic heterocycles. The number of carboxylic acid groups (broad SMARTS) is 2. The van der Waals surface area contributed by atoms with Crippen molar-refractivity contribution in [1.29, 1.82) is 0 Å². The molecular weight excluding hydrogens is 719 g/mol. The van der Waals surface area contributed by atoms with Gasteiger partial charge in [0.25, 0.3) is 11.8 Å². The third-order valence-corrected chi connectivity index (χ3v) is 8.47. The normalized spacial score (nSPS) is 14.6. The van der Waals surface area contributed by atoms with Crippen LogP contribution in [0.15, 0.2) is 115 Å². The lowest BCUT2D eigenvalue weighted by atomic mass is 9.95. The smallest absolute Gasteiger partial charge is 0.481 e. The highest BCUT2D eigenvalue weighted by Gasteiger charge is 2.45. The van der Waals surface area contributed by atoms with Crippen molar-refractivity contribution in [1.82, 2.24) is 14.9 Å². The monoisotopic (exact) mass is 755 g/mol. The van der Waals surface area contributed by atoms with Crippen LogP contribution in [0, 0.1) is 6.92 Å². The van der Waals surface area contributed by atoms with Crippen LogP contribution in [0.4, 0.5) is 30.5 Å². The average Bonchev–Trinajstić information content (AvgIpc) is 3.24. The van der Waals surface area contributed by atoms with Crippen LogP contribution >= 0.6 is 0 Å². The second kappa shape index (κ2) is 17.4. The van der Waals surface area contributed by atoms with E-state index in [1.54, 1.807) is 59.5 Å². The molecule has 55 heavy (non-hydrogen) atoms. The van der Waals surface area contributed by atoms with Crippen molar-refractivity contribution < 1.29 is 47.3 Å². The van der Waals surface area contributed by atoms with Gasteiger partial charge in [-0.1, -0.05) is 84.9 Å². The number of ether oxygens (including phenoxy) is 1. The standard InChI is InChI=1S/C38H35N5O5.C2HF3O2/c1-25-22-33(41-38(39)40-25)48-21-11-12-26-19-20-31-30(23-26)36(46)43(32(24-34(44)45)27-13-5-2-6-14-27)35(28-15-7-3-8-16-28)37(47)42(31)29-17-9-4-10-18-29;3-2(4,5)1(6)7/h2-10,13-20,22-23,32,35H,11-12,21,24H2,1H3,(H,44,45)(H2,39,40,41);(H,6,7). The fourth-order valence-corrected chi connectivity index (χ4v) is 6.13. The fourth-order valence-electron chi connectivity index (χ4n) is 6.13. The molecule has 0 fully saturated rings. The minimum absolute atomic E-state index is 0.141. The van der Waals surface area contributed by atoms with Crippen LogP contribution in [-0.4, -0.2) is 61.6 Å². The number of nitrogens with zero attached hydrogens (tertiary/aromatic N) is 4. The number of halogens is 3. The van der Waals surface area contributed by atoms with Crippen molar-refractivity contribution in [2.24, 2.45) is 0 Å². The molecule has 0 saturated carbocycles. The number of nitrogen functional groups attached to an aromatic ring is 1. The van der Waals surface area contributed by atoms with E-state index in [1.807, 2.05) is 67.6 Å². The lowest BCUT2D eigenvalue weighted by Gasteiger charge is -2.37. The molecule has 1 aromatic heterocycles. The van der Waals surface area contributed by atoms with Gasteiger partial charge < -0.3 is 25.6 Å². The molecule has 4 N–H and O–H groups in total. The quantitative estimate of drug-likeness (QED) is 0.118. The molecular formula is C40H36F3N5O7. The second-order valence-corrected chi connectivity index (χ2v) is 12.4. The SMILES string of the molecule is Cc1cc(OCCCc2ccc3c(c2)C(=O)N(C(CC(=O)O)c2ccccc2)C(c2ccccc2)C(=O)N3c2ccccc2)nc(N)n1.O=C(O)C(F)(F)F. The Kier molecular flexibility index (Phi) is 12.5. The van der Waals surface area contributed by atoms with Crippen LogP contribution in [0.5, 0.6) is 5.88 Å². The van der Waals surface area contributed by atoms with Gasteiger partial charge in [0.05, 0.1) is 30.3 Å². The zero-order chi connectivity index (χ0) is 39.7. The highest BCUT2D eigenvalue weighted by molar-refractivity contribution is 6.14. The summed E-state index contributed by atoms with van der Waals surface area (Å²) in [5.41, 5.74) is 9.83. The minimum atomic E-state index is -5.08. The zero-order valence-corrected chi connectivity index (χ0v) is 29.4. The number of rotatable bonds is 11. The van der Waals surface area contributed by atoms with Crippen molar-refractivity contribution in [3.63, 3.8) is 0 Å². The van der Waals surface area contributed by atoms with Gasteiger partial charge in [0.1, 0.15) is 6.04 Å². The summed E-state index contributed by atoms with van der Waals surface area (Å²) in [5.74, 6) is -4.12. The van der Waals surface area contributed by atoms with Crippen molar-refractivity contribution in [2.75, 3.05) is 17.2 Å². The minimum Gasteiger partial charge on any atom is -0.481 e. The highest BCUT2D eigenvalue weighted by Crippen LogP contribution is 2.43. The van der Waals surface area contributed by atoms with Crippen LogP contribution in [0.2, 0.25) is 0 Å². The summed E-state index contributed by atoms with van der Waals surface area (Å²) in [4.78, 5) is 62.4. The van der Waals surface area contributed by atoms with Crippen LogP contribution in [-0.2, 0) is 20.8 Å². The first-order chi connectivity index (χ1) is 26.2. The second-order valence-electron chi connectivity index (χ2n) is 12.4.